The molecule has 10 heteroatoms. The van der Waals surface area contributed by atoms with Gasteiger partial charge in [-0.25, -0.2) is 9.97 Å². The number of likely N-dealkylation sites (N-methyl/N-ethyl adjacent to an activating group) is 1. The van der Waals surface area contributed by atoms with Gasteiger partial charge in [-0.15, -0.1) is 0 Å². The van der Waals surface area contributed by atoms with Crippen molar-refractivity contribution in [2.75, 3.05) is 50.9 Å². The van der Waals surface area contributed by atoms with Gasteiger partial charge < -0.3 is 25.4 Å². The second-order valence-corrected chi connectivity index (χ2v) is 10.9. The number of benzene rings is 2. The molecule has 3 N–H and O–H groups in total. The van der Waals surface area contributed by atoms with Gasteiger partial charge in [0.15, 0.2) is 0 Å². The van der Waals surface area contributed by atoms with E-state index >= 15 is 0 Å². The van der Waals surface area contributed by atoms with E-state index in [0.717, 1.165) is 29.3 Å². The van der Waals surface area contributed by atoms with Gasteiger partial charge in [0, 0.05) is 66.2 Å². The molecule has 0 spiro atoms. The smallest absolute Gasteiger partial charge is 0.253 e. The highest BCUT2D eigenvalue weighted by molar-refractivity contribution is 6.33. The summed E-state index contributed by atoms with van der Waals surface area (Å²) in [5.74, 6) is 0.557. The minimum atomic E-state index is -0.199. The Labute approximate surface area is 258 Å². The van der Waals surface area contributed by atoms with Crippen molar-refractivity contribution in [1.82, 2.24) is 24.8 Å². The summed E-state index contributed by atoms with van der Waals surface area (Å²) in [5, 5.41) is 7.72. The zero-order valence-corrected chi connectivity index (χ0v) is 26.0. The number of fused-ring (bicyclic) bond motifs is 1. The molecule has 4 aromatic rings. The third kappa shape index (κ3) is 8.43. The Morgan fingerprint density at radius 2 is 1.91 bits per heavy atom. The third-order valence-corrected chi connectivity index (χ3v) is 7.36. The number of carbonyl (C=O) groups is 2. The predicted molar refractivity (Wildman–Crippen MR) is 176 cm³/mol. The summed E-state index contributed by atoms with van der Waals surface area (Å²) in [4.78, 5) is 41.6. The van der Waals surface area contributed by atoms with E-state index in [9.17, 15) is 9.59 Å². The fourth-order valence-electron chi connectivity index (χ4n) is 4.99. The molecule has 0 aliphatic carbocycles. The maximum absolute atomic E-state index is 13.2. The van der Waals surface area contributed by atoms with Crippen LogP contribution in [0.2, 0.25) is 5.02 Å². The van der Waals surface area contributed by atoms with Crippen molar-refractivity contribution in [3.8, 4) is 11.3 Å². The maximum atomic E-state index is 13.2. The number of nitrogens with zero attached hydrogens (tertiary/aromatic N) is 4. The van der Waals surface area contributed by atoms with Gasteiger partial charge in [0.05, 0.1) is 16.9 Å². The standard InChI is InChI=1S/C31H34ClN7O2.C2H6/c1-38(2)15-6-10-28(40)36-23-13-11-22(12-14-23)30(41)39-16-5-7-21(20-39)17-34-31-35-19-26(32)29(37-31)25-18-33-27-9-4-3-8-24(25)27;1-2/h3-4,6,8-14,18-19,21,33H,5,7,15-17,20H2,1-2H3,(H,36,40)(H,34,35,37);1-2H3/b10-6+;. The Bertz CT molecular complexity index is 1550. The van der Waals surface area contributed by atoms with Crippen molar-refractivity contribution in [3.63, 3.8) is 0 Å². The minimum Gasteiger partial charge on any atom is -0.360 e. The number of aromatic nitrogens is 3. The molecule has 1 unspecified atom stereocenters. The number of likely N-dealkylation sites (tertiary alicyclic amines) is 1. The van der Waals surface area contributed by atoms with Crippen LogP contribution in [-0.4, -0.2) is 76.8 Å². The molecule has 1 fully saturated rings. The number of amides is 2. The average Bonchev–Trinajstić information content (AvgIpc) is 3.46. The Morgan fingerprint density at radius 3 is 2.67 bits per heavy atom. The summed E-state index contributed by atoms with van der Waals surface area (Å²) in [6.45, 7) is 6.69. The Morgan fingerprint density at radius 1 is 1.14 bits per heavy atom. The first kappa shape index (κ1) is 31.7. The van der Waals surface area contributed by atoms with Gasteiger partial charge in [0.25, 0.3) is 5.91 Å². The molecule has 0 radical (unpaired) electrons. The normalized spacial score (nSPS) is 14.9. The summed E-state index contributed by atoms with van der Waals surface area (Å²) < 4.78 is 0. The molecule has 1 atom stereocenters. The van der Waals surface area contributed by atoms with Crippen LogP contribution in [0.1, 0.15) is 37.0 Å². The second kappa shape index (κ2) is 15.3. The van der Waals surface area contributed by atoms with Crippen LogP contribution < -0.4 is 10.6 Å². The van der Waals surface area contributed by atoms with Crippen molar-refractivity contribution in [2.45, 2.75) is 26.7 Å². The summed E-state index contributed by atoms with van der Waals surface area (Å²) >= 11 is 6.48. The summed E-state index contributed by atoms with van der Waals surface area (Å²) in [6.07, 6.45) is 8.78. The zero-order valence-electron chi connectivity index (χ0n) is 25.2. The Hall–Kier alpha value is -4.21. The van der Waals surface area contributed by atoms with Gasteiger partial charge in [-0.3, -0.25) is 9.59 Å². The van der Waals surface area contributed by atoms with Crippen molar-refractivity contribution >= 4 is 46.0 Å². The van der Waals surface area contributed by atoms with Gasteiger partial charge in [-0.05, 0) is 63.2 Å². The molecule has 1 saturated heterocycles. The quantitative estimate of drug-likeness (QED) is 0.194. The van der Waals surface area contributed by atoms with Crippen LogP contribution in [0.5, 0.6) is 0 Å². The fourth-order valence-corrected chi connectivity index (χ4v) is 5.19. The number of para-hydroxylation sites is 1. The van der Waals surface area contributed by atoms with Crippen LogP contribution in [0.25, 0.3) is 22.2 Å². The topological polar surface area (TPSA) is 106 Å². The number of H-pyrrole nitrogens is 1. The lowest BCUT2D eigenvalue weighted by molar-refractivity contribution is -0.111. The molecule has 0 bridgehead atoms. The molecule has 5 rings (SSSR count). The van der Waals surface area contributed by atoms with Gasteiger partial charge in [0.2, 0.25) is 11.9 Å². The number of halogens is 1. The largest absolute Gasteiger partial charge is 0.360 e. The van der Waals surface area contributed by atoms with Crippen LogP contribution in [0.3, 0.4) is 0 Å². The summed E-state index contributed by atoms with van der Waals surface area (Å²) in [6, 6.07) is 15.1. The maximum Gasteiger partial charge on any atom is 0.253 e. The summed E-state index contributed by atoms with van der Waals surface area (Å²) in [7, 11) is 3.88. The van der Waals surface area contributed by atoms with E-state index in [1.165, 1.54) is 6.08 Å². The van der Waals surface area contributed by atoms with Crippen LogP contribution in [0.15, 0.2) is 73.1 Å². The van der Waals surface area contributed by atoms with Gasteiger partial charge in [-0.1, -0.05) is 49.7 Å². The van der Waals surface area contributed by atoms with E-state index < -0.39 is 0 Å². The van der Waals surface area contributed by atoms with E-state index in [4.69, 9.17) is 16.6 Å². The highest BCUT2D eigenvalue weighted by Crippen LogP contribution is 2.32. The number of carbonyl (C=O) groups excluding carboxylic acids is 2. The van der Waals surface area contributed by atoms with Gasteiger partial charge in [-0.2, -0.15) is 0 Å². The Balaban J connectivity index is 0.00000207. The zero-order chi connectivity index (χ0) is 30.8. The molecular formula is C33H40ClN7O2. The van der Waals surface area contributed by atoms with Crippen molar-refractivity contribution < 1.29 is 9.59 Å². The molecule has 9 nitrogen and oxygen atoms in total. The van der Waals surface area contributed by atoms with Gasteiger partial charge in [0.1, 0.15) is 0 Å². The second-order valence-electron chi connectivity index (χ2n) is 10.5. The molecule has 2 aromatic carbocycles. The fraction of sp³-hybridized carbons (Fsp3) is 0.333. The molecule has 3 heterocycles. The first-order valence-corrected chi connectivity index (χ1v) is 15.1. The lowest BCUT2D eigenvalue weighted by atomic mass is 9.97. The van der Waals surface area contributed by atoms with E-state index in [1.807, 2.05) is 68.2 Å². The number of rotatable bonds is 9. The lowest BCUT2D eigenvalue weighted by Gasteiger charge is -2.33. The average molecular weight is 602 g/mol. The van der Waals surface area contributed by atoms with Crippen LogP contribution in [-0.2, 0) is 4.79 Å². The molecule has 226 valence electrons. The van der Waals surface area contributed by atoms with E-state index in [0.29, 0.717) is 54.1 Å². The Kier molecular flexibility index (Phi) is 11.3. The number of aromatic amines is 1. The molecule has 43 heavy (non-hydrogen) atoms. The molecule has 1 aliphatic heterocycles. The molecule has 1 aliphatic rings. The molecule has 2 amide bonds. The van der Waals surface area contributed by atoms with Crippen LogP contribution in [0.4, 0.5) is 11.6 Å². The first-order chi connectivity index (χ1) is 20.9. The van der Waals surface area contributed by atoms with Crippen molar-refractivity contribution in [3.05, 3.63) is 83.7 Å². The van der Waals surface area contributed by atoms with Crippen molar-refractivity contribution in [2.24, 2.45) is 5.92 Å². The molecular weight excluding hydrogens is 562 g/mol. The van der Waals surface area contributed by atoms with E-state index in [1.54, 1.807) is 36.5 Å². The first-order valence-electron chi connectivity index (χ1n) is 14.7. The third-order valence-electron chi connectivity index (χ3n) is 7.08. The highest BCUT2D eigenvalue weighted by atomic mass is 35.5. The predicted octanol–water partition coefficient (Wildman–Crippen LogP) is 6.33. The number of nitrogens with one attached hydrogen (secondary N) is 3. The number of piperidine rings is 1. The SMILES string of the molecule is CC.CN(C)C/C=C/C(=O)Nc1ccc(C(=O)N2CCCC(CNc3ncc(Cl)c(-c4c[nH]c5ccccc45)n3)C2)cc1. The molecule has 0 saturated carbocycles. The summed E-state index contributed by atoms with van der Waals surface area (Å²) in [5.41, 5.74) is 3.87. The number of anilines is 2. The number of hydrogen-bond acceptors (Lipinski definition) is 6. The molecule has 2 aromatic heterocycles. The van der Waals surface area contributed by atoms with E-state index in [2.05, 4.69) is 20.6 Å². The highest BCUT2D eigenvalue weighted by Gasteiger charge is 2.25. The monoisotopic (exact) mass is 601 g/mol. The van der Waals surface area contributed by atoms with Gasteiger partial charge >= 0.3 is 0 Å². The van der Waals surface area contributed by atoms with Crippen molar-refractivity contribution in [1.29, 1.82) is 0 Å². The van der Waals surface area contributed by atoms with Crippen LogP contribution in [0, 0.1) is 5.92 Å². The minimum absolute atomic E-state index is 0.0113. The van der Waals surface area contributed by atoms with Crippen LogP contribution >= 0.6 is 11.6 Å². The lowest BCUT2D eigenvalue weighted by Crippen LogP contribution is -2.41. The van der Waals surface area contributed by atoms with E-state index in [-0.39, 0.29) is 17.7 Å². The number of hydrogen-bond donors (Lipinski definition) is 3.